The molecule has 0 atom stereocenters. The van der Waals surface area contributed by atoms with E-state index in [4.69, 9.17) is 0 Å². The largest absolute Gasteiger partial charge is 0.368 e. The number of nitrogens with one attached hydrogen (secondary N) is 1. The number of thiazole rings is 1. The number of nitrogens with zero attached hydrogens (tertiary/aromatic N) is 4. The first-order chi connectivity index (χ1) is 17.0. The zero-order valence-electron chi connectivity index (χ0n) is 19.4. The van der Waals surface area contributed by atoms with Crippen molar-refractivity contribution in [2.75, 3.05) is 31.1 Å². The predicted octanol–water partition coefficient (Wildman–Crippen LogP) is 4.02. The summed E-state index contributed by atoms with van der Waals surface area (Å²) in [5.74, 6) is -0.241. The molecule has 1 N–H and O–H groups in total. The van der Waals surface area contributed by atoms with Crippen molar-refractivity contribution >= 4 is 22.9 Å². The number of benzene rings is 2. The van der Waals surface area contributed by atoms with Gasteiger partial charge < -0.3 is 9.80 Å². The van der Waals surface area contributed by atoms with E-state index in [0.29, 0.717) is 35.9 Å². The van der Waals surface area contributed by atoms with Crippen LogP contribution >= 0.6 is 11.3 Å². The highest BCUT2D eigenvalue weighted by Crippen LogP contribution is 2.24. The minimum Gasteiger partial charge on any atom is -0.368 e. The molecule has 5 rings (SSSR count). The van der Waals surface area contributed by atoms with Gasteiger partial charge in [0, 0.05) is 60.5 Å². The number of carbonyl (C=O) groups is 1. The van der Waals surface area contributed by atoms with Gasteiger partial charge in [0.25, 0.3) is 5.56 Å². The fourth-order valence-electron chi connectivity index (χ4n) is 4.37. The number of hydrogen-bond donors (Lipinski definition) is 1. The Morgan fingerprint density at radius 3 is 2.49 bits per heavy atom. The number of aromatic nitrogens is 3. The van der Waals surface area contributed by atoms with E-state index in [1.54, 1.807) is 12.1 Å². The molecule has 35 heavy (non-hydrogen) atoms. The van der Waals surface area contributed by atoms with Gasteiger partial charge >= 0.3 is 0 Å². The summed E-state index contributed by atoms with van der Waals surface area (Å²) in [4.78, 5) is 34.6. The van der Waals surface area contributed by atoms with Crippen LogP contribution in [0.25, 0.3) is 16.4 Å². The number of halogens is 1. The first-order valence-electron chi connectivity index (χ1n) is 11.6. The molecule has 1 aliphatic heterocycles. The molecule has 9 heteroatoms. The molecule has 0 saturated carbocycles. The summed E-state index contributed by atoms with van der Waals surface area (Å²) in [6, 6.07) is 16.3. The van der Waals surface area contributed by atoms with E-state index >= 15 is 0 Å². The van der Waals surface area contributed by atoms with Crippen LogP contribution in [0, 0.1) is 12.7 Å². The normalized spacial score (nSPS) is 13.9. The highest BCUT2D eigenvalue weighted by atomic mass is 32.1. The average molecular weight is 492 g/mol. The molecule has 0 radical (unpaired) electrons. The van der Waals surface area contributed by atoms with Crippen molar-refractivity contribution in [3.63, 3.8) is 0 Å². The topological polar surface area (TPSA) is 74.2 Å². The number of rotatable bonds is 6. The smallest absolute Gasteiger partial charge is 0.276 e. The lowest BCUT2D eigenvalue weighted by molar-refractivity contribution is -0.131. The van der Waals surface area contributed by atoms with Crippen LogP contribution in [0.2, 0.25) is 0 Å². The number of amides is 1. The van der Waals surface area contributed by atoms with Crippen molar-refractivity contribution in [1.82, 2.24) is 19.7 Å². The number of aryl methyl sites for hydroxylation is 1. The molecule has 0 bridgehead atoms. The van der Waals surface area contributed by atoms with Gasteiger partial charge in [-0.15, -0.1) is 11.3 Å². The second kappa shape index (κ2) is 9.87. The van der Waals surface area contributed by atoms with Gasteiger partial charge in [0.1, 0.15) is 5.82 Å². The van der Waals surface area contributed by atoms with Crippen LogP contribution in [0.5, 0.6) is 0 Å². The molecule has 0 spiro atoms. The zero-order valence-corrected chi connectivity index (χ0v) is 20.2. The maximum Gasteiger partial charge on any atom is 0.276 e. The van der Waals surface area contributed by atoms with E-state index in [1.165, 1.54) is 33.8 Å². The second-order valence-electron chi connectivity index (χ2n) is 8.58. The minimum absolute atomic E-state index is 0.0668. The number of H-pyrrole nitrogens is 1. The van der Waals surface area contributed by atoms with Crippen molar-refractivity contribution in [1.29, 1.82) is 0 Å². The van der Waals surface area contributed by atoms with Gasteiger partial charge in [0.05, 0.1) is 5.69 Å². The van der Waals surface area contributed by atoms with Crippen molar-refractivity contribution in [2.24, 2.45) is 0 Å². The number of aromatic amines is 1. The van der Waals surface area contributed by atoms with Gasteiger partial charge in [0.15, 0.2) is 0 Å². The molecule has 1 aliphatic rings. The summed E-state index contributed by atoms with van der Waals surface area (Å²) < 4.78 is 14.6. The number of anilines is 1. The molecule has 180 valence electrons. The Kier molecular flexibility index (Phi) is 6.50. The van der Waals surface area contributed by atoms with E-state index < -0.39 is 0 Å². The Morgan fingerprint density at radius 2 is 1.77 bits per heavy atom. The van der Waals surface area contributed by atoms with Crippen molar-refractivity contribution in [3.8, 4) is 16.4 Å². The van der Waals surface area contributed by atoms with E-state index in [9.17, 15) is 14.0 Å². The lowest BCUT2D eigenvalue weighted by Crippen LogP contribution is -2.48. The fourth-order valence-corrected chi connectivity index (χ4v) is 5.16. The molecular formula is C26H26FN5O2S. The molecule has 0 aliphatic carbocycles. The molecular weight excluding hydrogens is 465 g/mol. The van der Waals surface area contributed by atoms with Crippen LogP contribution in [0.1, 0.15) is 17.7 Å². The van der Waals surface area contributed by atoms with Gasteiger partial charge in [0.2, 0.25) is 11.0 Å². The molecule has 0 unspecified atom stereocenters. The Hall–Kier alpha value is -3.72. The summed E-state index contributed by atoms with van der Waals surface area (Å²) in [5.41, 5.74) is 3.77. The van der Waals surface area contributed by atoms with E-state index in [-0.39, 0.29) is 23.7 Å². The van der Waals surface area contributed by atoms with Crippen LogP contribution in [-0.2, 0) is 11.2 Å². The summed E-state index contributed by atoms with van der Waals surface area (Å²) in [5, 5.41) is 5.43. The quantitative estimate of drug-likeness (QED) is 0.442. The number of piperazine rings is 1. The first-order valence-corrected chi connectivity index (χ1v) is 12.5. The lowest BCUT2D eigenvalue weighted by Gasteiger charge is -2.36. The number of carbonyl (C=O) groups excluding carboxylic acids is 1. The standard InChI is InChI=1S/C26H26FN5O2S/c1-18-22(11-12-24(33)31-15-13-30(14-16-31)21-5-3-2-4-6-21)25(34)32(29-18)26-28-23(17-35-26)19-7-9-20(27)10-8-19/h2-10,17,29H,11-16H2,1H3. The molecule has 3 heterocycles. The molecule has 7 nitrogen and oxygen atoms in total. The summed E-state index contributed by atoms with van der Waals surface area (Å²) in [7, 11) is 0. The van der Waals surface area contributed by atoms with Gasteiger partial charge in [-0.1, -0.05) is 18.2 Å². The average Bonchev–Trinajstić information content (AvgIpc) is 3.48. The Balaban J connectivity index is 1.22. The molecule has 2 aromatic heterocycles. The van der Waals surface area contributed by atoms with E-state index in [2.05, 4.69) is 27.1 Å². The second-order valence-corrected chi connectivity index (χ2v) is 9.42. The molecule has 1 saturated heterocycles. The van der Waals surface area contributed by atoms with Crippen LogP contribution in [0.3, 0.4) is 0 Å². The first kappa shape index (κ1) is 23.0. The summed E-state index contributed by atoms with van der Waals surface area (Å²) in [6.45, 7) is 4.79. The van der Waals surface area contributed by atoms with E-state index in [0.717, 1.165) is 24.3 Å². The number of hydrogen-bond acceptors (Lipinski definition) is 5. The monoisotopic (exact) mass is 491 g/mol. The third-order valence-corrected chi connectivity index (χ3v) is 7.19. The van der Waals surface area contributed by atoms with Crippen molar-refractivity contribution < 1.29 is 9.18 Å². The SMILES string of the molecule is Cc1[nH]n(-c2nc(-c3ccc(F)cc3)cs2)c(=O)c1CCC(=O)N1CCN(c2ccccc2)CC1. The van der Waals surface area contributed by atoms with Gasteiger partial charge in [-0.3, -0.25) is 14.7 Å². The lowest BCUT2D eigenvalue weighted by atomic mass is 10.1. The van der Waals surface area contributed by atoms with Crippen LogP contribution in [0.4, 0.5) is 10.1 Å². The van der Waals surface area contributed by atoms with Crippen LogP contribution in [-0.4, -0.2) is 51.8 Å². The van der Waals surface area contributed by atoms with Crippen molar-refractivity contribution in [2.45, 2.75) is 19.8 Å². The maximum atomic E-state index is 13.2. The Labute approximate surface area is 206 Å². The third kappa shape index (κ3) is 4.90. The zero-order chi connectivity index (χ0) is 24.4. The summed E-state index contributed by atoms with van der Waals surface area (Å²) >= 11 is 1.33. The maximum absolute atomic E-state index is 13.2. The highest BCUT2D eigenvalue weighted by molar-refractivity contribution is 7.12. The molecule has 1 fully saturated rings. The number of para-hydroxylation sites is 1. The van der Waals surface area contributed by atoms with Gasteiger partial charge in [-0.05, 0) is 49.7 Å². The summed E-state index contributed by atoms with van der Waals surface area (Å²) in [6.07, 6.45) is 0.667. The van der Waals surface area contributed by atoms with Gasteiger partial charge in [-0.2, -0.15) is 4.68 Å². The Bertz CT molecular complexity index is 1370. The fraction of sp³-hybridized carbons (Fsp3) is 0.269. The molecule has 4 aromatic rings. The minimum atomic E-state index is -0.308. The predicted molar refractivity (Wildman–Crippen MR) is 136 cm³/mol. The highest BCUT2D eigenvalue weighted by Gasteiger charge is 2.22. The Morgan fingerprint density at radius 1 is 1.06 bits per heavy atom. The molecule has 1 amide bonds. The van der Waals surface area contributed by atoms with Crippen molar-refractivity contribution in [3.05, 3.63) is 87.4 Å². The van der Waals surface area contributed by atoms with Crippen LogP contribution < -0.4 is 10.5 Å². The third-order valence-electron chi connectivity index (χ3n) is 6.36. The van der Waals surface area contributed by atoms with Gasteiger partial charge in [-0.25, -0.2) is 9.37 Å². The van der Waals surface area contributed by atoms with E-state index in [1.807, 2.05) is 35.4 Å². The van der Waals surface area contributed by atoms with Crippen LogP contribution in [0.15, 0.2) is 64.8 Å². The molecule has 2 aromatic carbocycles.